The van der Waals surface area contributed by atoms with E-state index in [1.807, 2.05) is 6.92 Å². The number of anilines is 1. The average Bonchev–Trinajstić information content (AvgIpc) is 3.03. The molecular weight excluding hydrogens is 456 g/mol. The Morgan fingerprint density at radius 3 is 2.66 bits per heavy atom. The van der Waals surface area contributed by atoms with Gasteiger partial charge in [0.05, 0.1) is 12.0 Å². The fraction of sp³-hybridized carbons (Fsp3) is 0.182. The van der Waals surface area contributed by atoms with Crippen molar-refractivity contribution < 1.29 is 28.7 Å². The Morgan fingerprint density at radius 1 is 1.19 bits per heavy atom. The molecule has 1 N–H and O–H groups in total. The molecule has 2 aromatic rings. The van der Waals surface area contributed by atoms with Gasteiger partial charge in [-0.25, -0.2) is 0 Å². The number of benzene rings is 2. The molecule has 0 saturated carbocycles. The average molecular weight is 475 g/mol. The molecule has 0 spiro atoms. The lowest BCUT2D eigenvalue weighted by molar-refractivity contribution is -0.143. The molecule has 10 heteroatoms. The zero-order valence-electron chi connectivity index (χ0n) is 17.2. The highest BCUT2D eigenvalue weighted by atomic mass is 35.5. The fourth-order valence-electron chi connectivity index (χ4n) is 2.71. The van der Waals surface area contributed by atoms with Crippen molar-refractivity contribution in [3.05, 3.63) is 63.5 Å². The predicted molar refractivity (Wildman–Crippen MR) is 121 cm³/mol. The quantitative estimate of drug-likeness (QED) is 0.480. The van der Waals surface area contributed by atoms with Crippen molar-refractivity contribution >= 4 is 58.1 Å². The predicted octanol–water partition coefficient (Wildman–Crippen LogP) is 3.88. The van der Waals surface area contributed by atoms with Crippen LogP contribution in [0.4, 0.5) is 10.5 Å². The molecule has 3 rings (SSSR count). The summed E-state index contributed by atoms with van der Waals surface area (Å²) in [6.07, 6.45) is 1.48. The van der Waals surface area contributed by atoms with Crippen LogP contribution in [0.3, 0.4) is 0 Å². The summed E-state index contributed by atoms with van der Waals surface area (Å²) >= 11 is 6.78. The minimum Gasteiger partial charge on any atom is -0.483 e. The van der Waals surface area contributed by atoms with Gasteiger partial charge in [-0.3, -0.25) is 24.1 Å². The normalized spacial score (nSPS) is 14.6. The van der Waals surface area contributed by atoms with Gasteiger partial charge in [-0.1, -0.05) is 35.9 Å². The van der Waals surface area contributed by atoms with Gasteiger partial charge in [0.15, 0.2) is 6.61 Å². The summed E-state index contributed by atoms with van der Waals surface area (Å²) in [5.41, 5.74) is 1.94. The molecule has 0 aliphatic carbocycles. The van der Waals surface area contributed by atoms with Gasteiger partial charge in [-0.15, -0.1) is 0 Å². The maximum atomic E-state index is 12.5. The van der Waals surface area contributed by atoms with E-state index in [2.05, 4.69) is 10.1 Å². The number of carbonyl (C=O) groups excluding carboxylic acids is 4. The second-order valence-electron chi connectivity index (χ2n) is 6.68. The summed E-state index contributed by atoms with van der Waals surface area (Å²) in [5, 5.41) is 2.67. The van der Waals surface area contributed by atoms with E-state index in [0.717, 1.165) is 10.5 Å². The third kappa shape index (κ3) is 5.68. The monoisotopic (exact) mass is 474 g/mol. The topological polar surface area (TPSA) is 102 Å². The molecular formula is C22H19ClN2O6S. The van der Waals surface area contributed by atoms with Crippen LogP contribution in [-0.2, 0) is 19.1 Å². The number of hydrogen-bond donors (Lipinski definition) is 1. The summed E-state index contributed by atoms with van der Waals surface area (Å²) in [6.45, 7) is 1.12. The highest BCUT2D eigenvalue weighted by molar-refractivity contribution is 8.18. The van der Waals surface area contributed by atoms with Crippen LogP contribution < -0.4 is 10.1 Å². The minimum atomic E-state index is -0.696. The number of para-hydroxylation sites is 1. The third-order valence-corrected chi connectivity index (χ3v) is 5.72. The van der Waals surface area contributed by atoms with Gasteiger partial charge in [0.25, 0.3) is 17.1 Å². The van der Waals surface area contributed by atoms with Crippen LogP contribution in [0.5, 0.6) is 5.75 Å². The summed E-state index contributed by atoms with van der Waals surface area (Å²) in [7, 11) is 1.18. The van der Waals surface area contributed by atoms with Crippen LogP contribution in [-0.4, -0.2) is 48.2 Å². The van der Waals surface area contributed by atoms with E-state index in [9.17, 15) is 19.2 Å². The molecule has 1 saturated heterocycles. The van der Waals surface area contributed by atoms with Crippen molar-refractivity contribution in [1.82, 2.24) is 4.90 Å². The van der Waals surface area contributed by atoms with Crippen molar-refractivity contribution in [2.24, 2.45) is 0 Å². The lowest BCUT2D eigenvalue weighted by Gasteiger charge is -2.11. The molecule has 2 aromatic carbocycles. The van der Waals surface area contributed by atoms with E-state index in [4.69, 9.17) is 16.3 Å². The van der Waals surface area contributed by atoms with Crippen molar-refractivity contribution in [2.45, 2.75) is 6.92 Å². The molecule has 1 fully saturated rings. The molecule has 1 heterocycles. The first-order valence-corrected chi connectivity index (χ1v) is 10.6. The number of amides is 3. The summed E-state index contributed by atoms with van der Waals surface area (Å²) in [4.78, 5) is 49.2. The van der Waals surface area contributed by atoms with Crippen LogP contribution in [0.2, 0.25) is 5.02 Å². The summed E-state index contributed by atoms with van der Waals surface area (Å²) in [6, 6.07) is 11.9. The highest BCUT2D eigenvalue weighted by Gasteiger charge is 2.36. The molecule has 166 valence electrons. The number of methoxy groups -OCH3 is 1. The number of thioether (sulfide) groups is 1. The van der Waals surface area contributed by atoms with Crippen LogP contribution in [0, 0.1) is 6.92 Å². The number of rotatable bonds is 7. The van der Waals surface area contributed by atoms with Gasteiger partial charge < -0.3 is 14.8 Å². The smallest absolute Gasteiger partial charge is 0.325 e. The molecule has 0 atom stereocenters. The lowest BCUT2D eigenvalue weighted by Crippen LogP contribution is -2.34. The number of ether oxygens (including phenoxy) is 2. The van der Waals surface area contributed by atoms with Gasteiger partial charge in [-0.05, 0) is 48.5 Å². The summed E-state index contributed by atoms with van der Waals surface area (Å²) in [5.74, 6) is -1.34. The van der Waals surface area contributed by atoms with E-state index in [-0.39, 0.29) is 11.5 Å². The van der Waals surface area contributed by atoms with Gasteiger partial charge in [-0.2, -0.15) is 0 Å². The molecule has 0 radical (unpaired) electrons. The fourth-order valence-corrected chi connectivity index (χ4v) is 3.72. The second kappa shape index (κ2) is 10.3. The SMILES string of the molecule is COC(=O)CN1C(=O)S/C(=C\c2ccccc2OCC(=O)Nc2ccc(C)c(Cl)c2)C1=O. The molecule has 0 unspecified atom stereocenters. The summed E-state index contributed by atoms with van der Waals surface area (Å²) < 4.78 is 10.1. The van der Waals surface area contributed by atoms with E-state index in [1.54, 1.807) is 42.5 Å². The molecule has 32 heavy (non-hydrogen) atoms. The first-order valence-electron chi connectivity index (χ1n) is 9.38. The molecule has 0 bridgehead atoms. The van der Waals surface area contributed by atoms with E-state index in [1.165, 1.54) is 13.2 Å². The first-order chi connectivity index (χ1) is 15.3. The molecule has 1 aliphatic rings. The van der Waals surface area contributed by atoms with Crippen LogP contribution in [0.15, 0.2) is 47.4 Å². The van der Waals surface area contributed by atoms with Gasteiger partial charge in [0, 0.05) is 16.3 Å². The van der Waals surface area contributed by atoms with Gasteiger partial charge in [0.2, 0.25) is 0 Å². The number of nitrogens with one attached hydrogen (secondary N) is 1. The van der Waals surface area contributed by atoms with Crippen LogP contribution in [0.1, 0.15) is 11.1 Å². The molecule has 0 aromatic heterocycles. The third-order valence-electron chi connectivity index (χ3n) is 4.41. The standard InChI is InChI=1S/C22H19ClN2O6S/c1-13-7-8-15(10-16(13)23)24-19(26)12-31-17-6-4-3-5-14(17)9-18-21(28)25(22(29)32-18)11-20(27)30-2/h3-10H,11-12H2,1-2H3,(H,24,26)/b18-9-. The van der Waals surface area contributed by atoms with Crippen molar-refractivity contribution in [1.29, 1.82) is 0 Å². The Bertz CT molecular complexity index is 1120. The number of aryl methyl sites for hydroxylation is 1. The highest BCUT2D eigenvalue weighted by Crippen LogP contribution is 2.33. The minimum absolute atomic E-state index is 0.133. The van der Waals surface area contributed by atoms with Crippen molar-refractivity contribution in [3.8, 4) is 5.75 Å². The largest absolute Gasteiger partial charge is 0.483 e. The second-order valence-corrected chi connectivity index (χ2v) is 8.08. The molecule has 8 nitrogen and oxygen atoms in total. The Hall–Kier alpha value is -3.30. The number of nitrogens with zero attached hydrogens (tertiary/aromatic N) is 1. The van der Waals surface area contributed by atoms with E-state index >= 15 is 0 Å². The number of hydrogen-bond acceptors (Lipinski definition) is 7. The van der Waals surface area contributed by atoms with Crippen LogP contribution >= 0.6 is 23.4 Å². The van der Waals surface area contributed by atoms with Crippen LogP contribution in [0.25, 0.3) is 6.08 Å². The molecule has 1 aliphatic heterocycles. The van der Waals surface area contributed by atoms with Crippen molar-refractivity contribution in [2.75, 3.05) is 25.6 Å². The zero-order chi connectivity index (χ0) is 23.3. The van der Waals surface area contributed by atoms with E-state index in [0.29, 0.717) is 33.8 Å². The Morgan fingerprint density at radius 2 is 1.94 bits per heavy atom. The van der Waals surface area contributed by atoms with E-state index < -0.39 is 29.6 Å². The maximum absolute atomic E-state index is 12.5. The Labute approximate surface area is 193 Å². The first kappa shape index (κ1) is 23.4. The molecule has 3 amide bonds. The number of halogens is 1. The van der Waals surface area contributed by atoms with Gasteiger partial charge in [0.1, 0.15) is 12.3 Å². The van der Waals surface area contributed by atoms with Crippen molar-refractivity contribution in [3.63, 3.8) is 0 Å². The zero-order valence-corrected chi connectivity index (χ0v) is 18.8. The number of imide groups is 1. The number of esters is 1. The Balaban J connectivity index is 1.68. The van der Waals surface area contributed by atoms with Gasteiger partial charge >= 0.3 is 5.97 Å². The lowest BCUT2D eigenvalue weighted by atomic mass is 10.2. The maximum Gasteiger partial charge on any atom is 0.325 e. The Kier molecular flexibility index (Phi) is 7.55. The number of carbonyl (C=O) groups is 4.